The summed E-state index contributed by atoms with van der Waals surface area (Å²) in [4.78, 5) is 12.6. The highest BCUT2D eigenvalue weighted by atomic mass is 32.2. The molecule has 0 unspecified atom stereocenters. The van der Waals surface area contributed by atoms with Crippen LogP contribution in [0.1, 0.15) is 18.7 Å². The van der Waals surface area contributed by atoms with Crippen LogP contribution < -0.4 is 5.32 Å². The van der Waals surface area contributed by atoms with Gasteiger partial charge in [-0.1, -0.05) is 13.0 Å². The maximum atomic E-state index is 11.6. The van der Waals surface area contributed by atoms with Gasteiger partial charge in [-0.05, 0) is 18.4 Å². The first-order chi connectivity index (χ1) is 7.47. The van der Waals surface area contributed by atoms with E-state index in [9.17, 15) is 13.2 Å². The zero-order valence-corrected chi connectivity index (χ0v) is 10.9. The second kappa shape index (κ2) is 5.45. The number of rotatable bonds is 5. The third-order valence-electron chi connectivity index (χ3n) is 2.33. The molecule has 0 aliphatic carbocycles. The predicted octanol–water partition coefficient (Wildman–Crippen LogP) is 1.19. The van der Waals surface area contributed by atoms with Crippen LogP contribution in [0, 0.1) is 0 Å². The monoisotopic (exact) mass is 261 g/mol. The van der Waals surface area contributed by atoms with Crippen molar-refractivity contribution >= 4 is 27.1 Å². The van der Waals surface area contributed by atoms with Crippen LogP contribution in [0.5, 0.6) is 0 Å². The summed E-state index contributed by atoms with van der Waals surface area (Å²) in [5, 5.41) is 3.55. The van der Waals surface area contributed by atoms with Crippen LogP contribution >= 0.6 is 11.3 Å². The van der Waals surface area contributed by atoms with E-state index in [-0.39, 0.29) is 5.75 Å². The van der Waals surface area contributed by atoms with E-state index in [0.717, 1.165) is 4.88 Å². The molecule has 90 valence electrons. The molecule has 0 fully saturated rings. The second-order valence-electron chi connectivity index (χ2n) is 3.39. The lowest BCUT2D eigenvalue weighted by molar-refractivity contribution is -0.120. The second-order valence-corrected chi connectivity index (χ2v) is 7.03. The Hall–Kier alpha value is -0.880. The van der Waals surface area contributed by atoms with Crippen LogP contribution in [0.15, 0.2) is 17.5 Å². The third-order valence-corrected chi connectivity index (χ3v) is 5.30. The Labute approximate surface area is 99.6 Å². The van der Waals surface area contributed by atoms with Crippen molar-refractivity contribution in [3.8, 4) is 0 Å². The van der Waals surface area contributed by atoms with Gasteiger partial charge in [0.1, 0.15) is 5.25 Å². The van der Waals surface area contributed by atoms with Gasteiger partial charge in [-0.15, -0.1) is 11.3 Å². The van der Waals surface area contributed by atoms with Crippen LogP contribution in [0.3, 0.4) is 0 Å². The number of hydrogen-bond donors (Lipinski definition) is 1. The number of amides is 1. The lowest BCUT2D eigenvalue weighted by Crippen LogP contribution is -2.38. The van der Waals surface area contributed by atoms with Crippen LogP contribution in [0.4, 0.5) is 0 Å². The molecule has 6 heteroatoms. The molecule has 0 spiro atoms. The standard InChI is InChI=1S/C10H15NO3S2/c1-3-16(13,14)8(2)10(12)11-7-9-5-4-6-15-9/h4-6,8H,3,7H2,1-2H3,(H,11,12)/t8-/m1/s1. The molecular weight excluding hydrogens is 246 g/mol. The molecule has 1 rings (SSSR count). The Morgan fingerprint density at radius 1 is 1.56 bits per heavy atom. The molecule has 0 aromatic carbocycles. The molecule has 0 aliphatic heterocycles. The fraction of sp³-hybridized carbons (Fsp3) is 0.500. The molecule has 0 radical (unpaired) electrons. The average molecular weight is 261 g/mol. The maximum absolute atomic E-state index is 11.6. The summed E-state index contributed by atoms with van der Waals surface area (Å²) in [6, 6.07) is 3.78. The van der Waals surface area contributed by atoms with E-state index < -0.39 is 21.0 Å². The van der Waals surface area contributed by atoms with Crippen LogP contribution in [0.25, 0.3) is 0 Å². The fourth-order valence-corrected chi connectivity index (χ4v) is 2.70. The van der Waals surface area contributed by atoms with Crippen LogP contribution in [-0.2, 0) is 21.2 Å². The Bertz CT molecular complexity index is 437. The Kier molecular flexibility index (Phi) is 4.49. The highest BCUT2D eigenvalue weighted by Gasteiger charge is 2.25. The SMILES string of the molecule is CCS(=O)(=O)[C@H](C)C(=O)NCc1cccs1. The molecule has 1 aromatic heterocycles. The Morgan fingerprint density at radius 2 is 2.25 bits per heavy atom. The van der Waals surface area contributed by atoms with Crippen LogP contribution in [-0.4, -0.2) is 25.3 Å². The van der Waals surface area contributed by atoms with Gasteiger partial charge < -0.3 is 5.32 Å². The lowest BCUT2D eigenvalue weighted by atomic mass is 10.4. The van der Waals surface area contributed by atoms with Crippen molar-refractivity contribution in [2.24, 2.45) is 0 Å². The zero-order chi connectivity index (χ0) is 12.2. The van der Waals surface area contributed by atoms with Crippen LogP contribution in [0.2, 0.25) is 0 Å². The first kappa shape index (κ1) is 13.2. The maximum Gasteiger partial charge on any atom is 0.238 e. The molecule has 0 bridgehead atoms. The van der Waals surface area contributed by atoms with Gasteiger partial charge in [0, 0.05) is 10.6 Å². The van der Waals surface area contributed by atoms with E-state index in [1.54, 1.807) is 6.92 Å². The largest absolute Gasteiger partial charge is 0.350 e. The van der Waals surface area contributed by atoms with Gasteiger partial charge in [-0.25, -0.2) is 8.42 Å². The van der Waals surface area contributed by atoms with E-state index in [1.165, 1.54) is 18.3 Å². The number of carbonyl (C=O) groups excluding carboxylic acids is 1. The molecule has 1 atom stereocenters. The highest BCUT2D eigenvalue weighted by Crippen LogP contribution is 2.08. The molecule has 1 heterocycles. The minimum atomic E-state index is -3.30. The summed E-state index contributed by atoms with van der Waals surface area (Å²) in [5.41, 5.74) is 0. The van der Waals surface area contributed by atoms with Gasteiger partial charge in [0.15, 0.2) is 9.84 Å². The van der Waals surface area contributed by atoms with Crippen molar-refractivity contribution in [1.82, 2.24) is 5.32 Å². The van der Waals surface area contributed by atoms with Crippen molar-refractivity contribution in [2.45, 2.75) is 25.6 Å². The molecule has 1 aromatic rings. The van der Waals surface area contributed by atoms with Gasteiger partial charge in [-0.2, -0.15) is 0 Å². The smallest absolute Gasteiger partial charge is 0.238 e. The average Bonchev–Trinajstić information content (AvgIpc) is 2.77. The van der Waals surface area contributed by atoms with Gasteiger partial charge in [0.25, 0.3) is 0 Å². The van der Waals surface area contributed by atoms with E-state index in [2.05, 4.69) is 5.32 Å². The predicted molar refractivity (Wildman–Crippen MR) is 65.1 cm³/mol. The summed E-state index contributed by atoms with van der Waals surface area (Å²) >= 11 is 1.53. The molecule has 0 saturated heterocycles. The van der Waals surface area contributed by atoms with E-state index in [0.29, 0.717) is 6.54 Å². The topological polar surface area (TPSA) is 63.2 Å². The summed E-state index contributed by atoms with van der Waals surface area (Å²) in [7, 11) is -3.30. The van der Waals surface area contributed by atoms with Gasteiger partial charge in [0.05, 0.1) is 6.54 Å². The van der Waals surface area contributed by atoms with Crippen molar-refractivity contribution < 1.29 is 13.2 Å². The molecule has 1 N–H and O–H groups in total. The highest BCUT2D eigenvalue weighted by molar-refractivity contribution is 7.92. The van der Waals surface area contributed by atoms with Crippen molar-refractivity contribution in [1.29, 1.82) is 0 Å². The minimum Gasteiger partial charge on any atom is -0.350 e. The summed E-state index contributed by atoms with van der Waals surface area (Å²) < 4.78 is 22.9. The van der Waals surface area contributed by atoms with E-state index in [4.69, 9.17) is 0 Å². The first-order valence-electron chi connectivity index (χ1n) is 4.99. The Morgan fingerprint density at radius 3 is 2.75 bits per heavy atom. The van der Waals surface area contributed by atoms with Crippen molar-refractivity contribution in [3.63, 3.8) is 0 Å². The first-order valence-corrected chi connectivity index (χ1v) is 7.58. The van der Waals surface area contributed by atoms with E-state index >= 15 is 0 Å². The fourth-order valence-electron chi connectivity index (χ4n) is 1.14. The molecule has 0 saturated carbocycles. The molecule has 4 nitrogen and oxygen atoms in total. The van der Waals surface area contributed by atoms with Crippen molar-refractivity contribution in [3.05, 3.63) is 22.4 Å². The number of sulfone groups is 1. The molecular formula is C10H15NO3S2. The van der Waals surface area contributed by atoms with Gasteiger partial charge in [0.2, 0.25) is 5.91 Å². The van der Waals surface area contributed by atoms with E-state index in [1.807, 2.05) is 17.5 Å². The lowest BCUT2D eigenvalue weighted by Gasteiger charge is -2.11. The quantitative estimate of drug-likeness (QED) is 0.866. The zero-order valence-electron chi connectivity index (χ0n) is 9.26. The number of hydrogen-bond acceptors (Lipinski definition) is 4. The molecule has 0 aliphatic rings. The summed E-state index contributed by atoms with van der Waals surface area (Å²) in [5.74, 6) is -0.448. The summed E-state index contributed by atoms with van der Waals surface area (Å²) in [6.45, 7) is 3.35. The minimum absolute atomic E-state index is 0.0133. The third kappa shape index (κ3) is 3.31. The number of carbonyl (C=O) groups is 1. The van der Waals surface area contributed by atoms with Gasteiger partial charge in [-0.3, -0.25) is 4.79 Å². The van der Waals surface area contributed by atoms with Crippen molar-refractivity contribution in [2.75, 3.05) is 5.75 Å². The number of thiophene rings is 1. The molecule has 16 heavy (non-hydrogen) atoms. The normalized spacial score (nSPS) is 13.4. The summed E-state index contributed by atoms with van der Waals surface area (Å²) in [6.07, 6.45) is 0. The number of nitrogens with one attached hydrogen (secondary N) is 1. The molecule has 1 amide bonds. The van der Waals surface area contributed by atoms with Gasteiger partial charge >= 0.3 is 0 Å². The Balaban J connectivity index is 2.53.